The van der Waals surface area contributed by atoms with Crippen molar-refractivity contribution in [3.63, 3.8) is 0 Å². The van der Waals surface area contributed by atoms with E-state index in [0.29, 0.717) is 15.4 Å². The van der Waals surface area contributed by atoms with Crippen molar-refractivity contribution in [2.45, 2.75) is 46.5 Å². The van der Waals surface area contributed by atoms with Gasteiger partial charge in [0.05, 0.1) is 18.9 Å². The van der Waals surface area contributed by atoms with Gasteiger partial charge in [-0.3, -0.25) is 0 Å². The van der Waals surface area contributed by atoms with Gasteiger partial charge in [0, 0.05) is 18.8 Å². The number of esters is 2. The first-order valence-electron chi connectivity index (χ1n) is 10.8. The topological polar surface area (TPSA) is 80.6 Å². The average Bonchev–Trinajstić information content (AvgIpc) is 3.09. The molecule has 31 heavy (non-hydrogen) atoms. The molecule has 0 bridgehead atoms. The Bertz CT molecular complexity index is 1010. The molecule has 0 fully saturated rings. The largest absolute Gasteiger partial charge is 0.462 e. The SMILES string of the molecule is CCOC(=O)c1sc(N=Nc2cc3c4c(c2)CCCN4CCC3)c(C(=O)OCC)c1C. The minimum atomic E-state index is -0.503. The molecule has 2 aliphatic rings. The zero-order valence-electron chi connectivity index (χ0n) is 18.2. The van der Waals surface area contributed by atoms with Crippen LogP contribution in [0.3, 0.4) is 0 Å². The van der Waals surface area contributed by atoms with Crippen LogP contribution < -0.4 is 4.90 Å². The fourth-order valence-electron chi connectivity index (χ4n) is 4.35. The van der Waals surface area contributed by atoms with E-state index in [1.165, 1.54) is 16.8 Å². The summed E-state index contributed by atoms with van der Waals surface area (Å²) in [5.41, 5.74) is 5.59. The van der Waals surface area contributed by atoms with Gasteiger partial charge in [0.25, 0.3) is 0 Å². The van der Waals surface area contributed by atoms with Crippen LogP contribution in [0.25, 0.3) is 0 Å². The van der Waals surface area contributed by atoms with Crippen LogP contribution in [-0.2, 0) is 22.3 Å². The number of azo groups is 1. The molecule has 4 rings (SSSR count). The number of rotatable bonds is 6. The molecule has 0 aliphatic carbocycles. The van der Waals surface area contributed by atoms with Crippen molar-refractivity contribution in [2.24, 2.45) is 10.2 Å². The second-order valence-electron chi connectivity index (χ2n) is 7.68. The Morgan fingerprint density at radius 1 is 1.00 bits per heavy atom. The molecule has 164 valence electrons. The number of benzene rings is 1. The van der Waals surface area contributed by atoms with Crippen LogP contribution in [0.2, 0.25) is 0 Å². The van der Waals surface area contributed by atoms with Crippen molar-refractivity contribution in [1.29, 1.82) is 0 Å². The number of carbonyl (C=O) groups is 2. The monoisotopic (exact) mass is 441 g/mol. The molecule has 0 saturated carbocycles. The van der Waals surface area contributed by atoms with E-state index in [1.54, 1.807) is 20.8 Å². The van der Waals surface area contributed by atoms with Gasteiger partial charge in [-0.25, -0.2) is 9.59 Å². The van der Waals surface area contributed by atoms with Gasteiger partial charge in [-0.1, -0.05) is 0 Å². The van der Waals surface area contributed by atoms with E-state index < -0.39 is 11.9 Å². The quantitative estimate of drug-likeness (QED) is 0.435. The van der Waals surface area contributed by atoms with Gasteiger partial charge < -0.3 is 14.4 Å². The van der Waals surface area contributed by atoms with E-state index in [-0.39, 0.29) is 18.8 Å². The molecular formula is C23H27N3O4S. The van der Waals surface area contributed by atoms with Crippen LogP contribution in [0.4, 0.5) is 16.4 Å². The lowest BCUT2D eigenvalue weighted by Gasteiger charge is -2.36. The number of thiophene rings is 1. The van der Waals surface area contributed by atoms with Gasteiger partial charge in [0.1, 0.15) is 10.4 Å². The molecule has 0 amide bonds. The molecular weight excluding hydrogens is 414 g/mol. The van der Waals surface area contributed by atoms with E-state index in [1.807, 2.05) is 0 Å². The maximum atomic E-state index is 12.6. The third kappa shape index (κ3) is 4.21. The Morgan fingerprint density at radius 2 is 1.61 bits per heavy atom. The summed E-state index contributed by atoms with van der Waals surface area (Å²) < 4.78 is 10.3. The molecule has 3 heterocycles. The lowest BCUT2D eigenvalue weighted by Crippen LogP contribution is -2.34. The number of carbonyl (C=O) groups excluding carboxylic acids is 2. The van der Waals surface area contributed by atoms with Crippen molar-refractivity contribution >= 4 is 39.7 Å². The summed E-state index contributed by atoms with van der Waals surface area (Å²) in [5.74, 6) is -0.966. The second-order valence-corrected chi connectivity index (χ2v) is 8.68. The van der Waals surface area contributed by atoms with Gasteiger partial charge in [0.2, 0.25) is 0 Å². The Hall–Kier alpha value is -2.74. The lowest BCUT2D eigenvalue weighted by molar-refractivity contribution is 0.0527. The van der Waals surface area contributed by atoms with Crippen molar-refractivity contribution in [2.75, 3.05) is 31.2 Å². The maximum absolute atomic E-state index is 12.6. The third-order valence-electron chi connectivity index (χ3n) is 5.64. The fourth-order valence-corrected chi connectivity index (χ4v) is 5.36. The van der Waals surface area contributed by atoms with E-state index in [4.69, 9.17) is 9.47 Å². The lowest BCUT2D eigenvalue weighted by atomic mass is 9.91. The van der Waals surface area contributed by atoms with E-state index in [9.17, 15) is 9.59 Å². The standard InChI is InChI=1S/C23H27N3O4S/c1-4-29-22(27)18-14(3)20(23(28)30-5-2)31-21(18)25-24-17-12-15-8-6-10-26-11-7-9-16(13-17)19(15)26/h12-13H,4-11H2,1-3H3. The Balaban J connectivity index is 1.71. The number of nitrogens with zero attached hydrogens (tertiary/aromatic N) is 3. The van der Waals surface area contributed by atoms with Crippen LogP contribution in [0, 0.1) is 6.92 Å². The molecule has 2 aromatic rings. The number of hydrogen-bond donors (Lipinski definition) is 0. The Kier molecular flexibility index (Phi) is 6.36. The first-order valence-corrected chi connectivity index (χ1v) is 11.6. The molecule has 1 aromatic heterocycles. The smallest absolute Gasteiger partial charge is 0.348 e. The maximum Gasteiger partial charge on any atom is 0.348 e. The molecule has 7 nitrogen and oxygen atoms in total. The van der Waals surface area contributed by atoms with Crippen molar-refractivity contribution in [3.8, 4) is 0 Å². The van der Waals surface area contributed by atoms with Crippen molar-refractivity contribution in [3.05, 3.63) is 39.3 Å². The minimum Gasteiger partial charge on any atom is -0.462 e. The minimum absolute atomic E-state index is 0.240. The zero-order chi connectivity index (χ0) is 22.0. The second kappa shape index (κ2) is 9.18. The Morgan fingerprint density at radius 3 is 2.23 bits per heavy atom. The van der Waals surface area contributed by atoms with Gasteiger partial charge in [-0.05, 0) is 75.3 Å². The number of anilines is 1. The first-order chi connectivity index (χ1) is 15.0. The molecule has 0 saturated heterocycles. The number of ether oxygens (including phenoxy) is 2. The van der Waals surface area contributed by atoms with Crippen LogP contribution in [0.1, 0.15) is 63.4 Å². The van der Waals surface area contributed by atoms with Crippen molar-refractivity contribution < 1.29 is 19.1 Å². The molecule has 1 aromatic carbocycles. The first kappa shape index (κ1) is 21.5. The predicted octanol–water partition coefficient (Wildman–Crippen LogP) is 5.52. The summed E-state index contributed by atoms with van der Waals surface area (Å²) in [5, 5.41) is 9.22. The van der Waals surface area contributed by atoms with E-state index >= 15 is 0 Å². The van der Waals surface area contributed by atoms with Crippen LogP contribution in [0.15, 0.2) is 22.4 Å². The van der Waals surface area contributed by atoms with E-state index in [0.717, 1.165) is 55.8 Å². The van der Waals surface area contributed by atoms with Gasteiger partial charge in [-0.15, -0.1) is 21.6 Å². The normalized spacial score (nSPS) is 15.1. The molecule has 8 heteroatoms. The highest BCUT2D eigenvalue weighted by molar-refractivity contribution is 7.18. The highest BCUT2D eigenvalue weighted by Gasteiger charge is 2.27. The van der Waals surface area contributed by atoms with Gasteiger partial charge in [-0.2, -0.15) is 0 Å². The van der Waals surface area contributed by atoms with Crippen LogP contribution in [0.5, 0.6) is 0 Å². The molecule has 0 spiro atoms. The summed E-state index contributed by atoms with van der Waals surface area (Å²) in [6.07, 6.45) is 4.38. The number of aryl methyl sites for hydroxylation is 2. The summed E-state index contributed by atoms with van der Waals surface area (Å²) in [4.78, 5) is 27.7. The highest BCUT2D eigenvalue weighted by atomic mass is 32.1. The van der Waals surface area contributed by atoms with Crippen LogP contribution in [-0.4, -0.2) is 38.2 Å². The summed E-state index contributed by atoms with van der Waals surface area (Å²) >= 11 is 1.11. The third-order valence-corrected chi connectivity index (χ3v) is 6.80. The average molecular weight is 442 g/mol. The summed E-state index contributed by atoms with van der Waals surface area (Å²) in [6, 6.07) is 4.19. The highest BCUT2D eigenvalue weighted by Crippen LogP contribution is 2.40. The summed E-state index contributed by atoms with van der Waals surface area (Å²) in [7, 11) is 0. The van der Waals surface area contributed by atoms with Gasteiger partial charge in [0.15, 0.2) is 5.00 Å². The summed E-state index contributed by atoms with van der Waals surface area (Å²) in [6.45, 7) is 7.95. The molecule has 0 atom stereocenters. The van der Waals surface area contributed by atoms with Crippen LogP contribution >= 0.6 is 11.3 Å². The predicted molar refractivity (Wildman–Crippen MR) is 120 cm³/mol. The zero-order valence-corrected chi connectivity index (χ0v) is 19.0. The van der Waals surface area contributed by atoms with E-state index in [2.05, 4.69) is 27.3 Å². The van der Waals surface area contributed by atoms with Crippen molar-refractivity contribution in [1.82, 2.24) is 0 Å². The molecule has 2 aliphatic heterocycles. The molecule has 0 unspecified atom stereocenters. The molecule has 0 N–H and O–H groups in total. The number of hydrogen-bond acceptors (Lipinski definition) is 8. The fraction of sp³-hybridized carbons (Fsp3) is 0.478. The molecule has 0 radical (unpaired) electrons. The van der Waals surface area contributed by atoms with Gasteiger partial charge >= 0.3 is 11.9 Å². The Labute approximate surface area is 186 Å².